The molecular formula is C15H17N3O4. The molecule has 7 nitrogen and oxygen atoms in total. The van der Waals surface area contributed by atoms with Crippen LogP contribution < -0.4 is 5.73 Å². The molecule has 0 bridgehead atoms. The summed E-state index contributed by atoms with van der Waals surface area (Å²) in [6.07, 6.45) is 4.62. The van der Waals surface area contributed by atoms with Crippen LogP contribution >= 0.6 is 0 Å². The van der Waals surface area contributed by atoms with E-state index in [1.807, 2.05) is 6.07 Å². The molecule has 0 amide bonds. The zero-order valence-electron chi connectivity index (χ0n) is 12.4. The maximum Gasteiger partial charge on any atom is 0.418 e. The molecule has 0 unspecified atom stereocenters. The van der Waals surface area contributed by atoms with Gasteiger partial charge in [-0.05, 0) is 24.1 Å². The average Bonchev–Trinajstić information content (AvgIpc) is 2.85. The number of nitrogens with two attached hydrogens (primary N) is 1. The first-order valence-electron chi connectivity index (χ1n) is 6.72. The molecule has 0 saturated carbocycles. The molecule has 0 aliphatic rings. The van der Waals surface area contributed by atoms with E-state index in [2.05, 4.69) is 9.72 Å². The van der Waals surface area contributed by atoms with Crippen molar-refractivity contribution < 1.29 is 19.1 Å². The Morgan fingerprint density at radius 3 is 2.77 bits per heavy atom. The van der Waals surface area contributed by atoms with Gasteiger partial charge < -0.3 is 15.2 Å². The lowest BCUT2D eigenvalue weighted by atomic mass is 10.1. The lowest BCUT2D eigenvalue weighted by molar-refractivity contribution is 0.0587. The highest BCUT2D eigenvalue weighted by Gasteiger charge is 2.24. The Kier molecular flexibility index (Phi) is 4.77. The first-order chi connectivity index (χ1) is 10.6. The summed E-state index contributed by atoms with van der Waals surface area (Å²) in [5.41, 5.74) is 7.72. The molecule has 0 aliphatic heterocycles. The molecular weight excluding hydrogens is 286 g/mol. The molecule has 2 rings (SSSR count). The molecule has 0 spiro atoms. The molecule has 0 fully saturated rings. The van der Waals surface area contributed by atoms with E-state index in [0.717, 1.165) is 10.1 Å². The van der Waals surface area contributed by atoms with E-state index in [9.17, 15) is 9.59 Å². The predicted octanol–water partition coefficient (Wildman–Crippen LogP) is 1.85. The van der Waals surface area contributed by atoms with Crippen molar-refractivity contribution in [3.05, 3.63) is 47.5 Å². The Balaban J connectivity index is 2.43. The van der Waals surface area contributed by atoms with Crippen molar-refractivity contribution in [3.63, 3.8) is 0 Å². The van der Waals surface area contributed by atoms with E-state index in [-0.39, 0.29) is 18.0 Å². The van der Waals surface area contributed by atoms with Crippen molar-refractivity contribution in [2.75, 3.05) is 19.5 Å². The molecule has 116 valence electrons. The number of methoxy groups -OCH3 is 1. The molecule has 7 heteroatoms. The van der Waals surface area contributed by atoms with Gasteiger partial charge in [0.25, 0.3) is 0 Å². The van der Waals surface area contributed by atoms with Crippen molar-refractivity contribution in [1.29, 1.82) is 0 Å². The number of rotatable bonds is 4. The lowest BCUT2D eigenvalue weighted by Gasteiger charge is -2.06. The number of carbonyl (C=O) groups is 2. The van der Waals surface area contributed by atoms with Gasteiger partial charge in [0, 0.05) is 25.0 Å². The van der Waals surface area contributed by atoms with E-state index in [1.54, 1.807) is 25.4 Å². The number of esters is 1. The van der Waals surface area contributed by atoms with E-state index in [4.69, 9.17) is 10.5 Å². The number of anilines is 1. The molecule has 2 aromatic rings. The first kappa shape index (κ1) is 15.6. The summed E-state index contributed by atoms with van der Waals surface area (Å²) < 4.78 is 10.7. The molecule has 0 saturated heterocycles. The highest BCUT2D eigenvalue weighted by Crippen LogP contribution is 2.24. The molecule has 2 heterocycles. The third-order valence-corrected chi connectivity index (χ3v) is 3.09. The summed E-state index contributed by atoms with van der Waals surface area (Å²) in [6.45, 7) is 1.87. The molecule has 0 aliphatic carbocycles. The number of ether oxygens (including phenoxy) is 2. The lowest BCUT2D eigenvalue weighted by Crippen LogP contribution is -2.19. The fourth-order valence-electron chi connectivity index (χ4n) is 2.08. The van der Waals surface area contributed by atoms with E-state index < -0.39 is 12.1 Å². The second kappa shape index (κ2) is 6.75. The van der Waals surface area contributed by atoms with E-state index >= 15 is 0 Å². The molecule has 0 atom stereocenters. The second-order valence-corrected chi connectivity index (χ2v) is 4.52. The largest absolute Gasteiger partial charge is 0.464 e. The number of nitrogens with zero attached hydrogens (tertiary/aromatic N) is 2. The third kappa shape index (κ3) is 3.08. The van der Waals surface area contributed by atoms with Crippen LogP contribution in [-0.4, -0.2) is 35.3 Å². The SMILES string of the molecule is CCOC(=O)n1cc(Cc2cccnc2)c(N)c1C(=O)OC. The van der Waals surface area contributed by atoms with Crippen LogP contribution in [0.2, 0.25) is 0 Å². The van der Waals surface area contributed by atoms with E-state index in [0.29, 0.717) is 12.0 Å². The second-order valence-electron chi connectivity index (χ2n) is 4.52. The summed E-state index contributed by atoms with van der Waals surface area (Å²) in [6, 6.07) is 3.68. The van der Waals surface area contributed by atoms with Gasteiger partial charge in [-0.15, -0.1) is 0 Å². The first-order valence-corrected chi connectivity index (χ1v) is 6.72. The van der Waals surface area contributed by atoms with Crippen molar-refractivity contribution in [3.8, 4) is 0 Å². The minimum atomic E-state index is -0.692. The maximum atomic E-state index is 12.0. The molecule has 2 N–H and O–H groups in total. The van der Waals surface area contributed by atoms with E-state index in [1.165, 1.54) is 13.3 Å². The number of carbonyl (C=O) groups excluding carboxylic acids is 2. The monoisotopic (exact) mass is 303 g/mol. The van der Waals surface area contributed by atoms with Gasteiger partial charge in [0.05, 0.1) is 19.4 Å². The Morgan fingerprint density at radius 2 is 2.18 bits per heavy atom. The van der Waals surface area contributed by atoms with Gasteiger partial charge in [0.2, 0.25) is 0 Å². The fraction of sp³-hybridized carbons (Fsp3) is 0.267. The summed E-state index contributed by atoms with van der Waals surface area (Å²) in [5, 5.41) is 0. The predicted molar refractivity (Wildman–Crippen MR) is 79.6 cm³/mol. The van der Waals surface area contributed by atoms with Gasteiger partial charge in [-0.3, -0.25) is 4.98 Å². The Morgan fingerprint density at radius 1 is 1.41 bits per heavy atom. The third-order valence-electron chi connectivity index (χ3n) is 3.09. The van der Waals surface area contributed by atoms with Crippen LogP contribution in [0.5, 0.6) is 0 Å². The summed E-state index contributed by atoms with van der Waals surface area (Å²) >= 11 is 0. The molecule has 22 heavy (non-hydrogen) atoms. The van der Waals surface area contributed by atoms with Crippen LogP contribution in [0.1, 0.15) is 28.5 Å². The van der Waals surface area contributed by atoms with Crippen LogP contribution in [0.15, 0.2) is 30.7 Å². The zero-order chi connectivity index (χ0) is 16.1. The minimum Gasteiger partial charge on any atom is -0.464 e. The number of nitrogen functional groups attached to an aromatic ring is 1. The van der Waals surface area contributed by atoms with Gasteiger partial charge in [-0.2, -0.15) is 0 Å². The normalized spacial score (nSPS) is 10.3. The van der Waals surface area contributed by atoms with Crippen molar-refractivity contribution in [1.82, 2.24) is 9.55 Å². The smallest absolute Gasteiger partial charge is 0.418 e. The number of hydrogen-bond donors (Lipinski definition) is 1. The Bertz CT molecular complexity index is 680. The van der Waals surface area contributed by atoms with Crippen LogP contribution in [0, 0.1) is 0 Å². The van der Waals surface area contributed by atoms with Gasteiger partial charge in [-0.1, -0.05) is 6.07 Å². The highest BCUT2D eigenvalue weighted by atomic mass is 16.6. The van der Waals surface area contributed by atoms with Crippen LogP contribution in [0.3, 0.4) is 0 Å². The molecule has 0 aromatic carbocycles. The van der Waals surface area contributed by atoms with Crippen molar-refractivity contribution >= 4 is 17.7 Å². The minimum absolute atomic E-state index is 0.0279. The van der Waals surface area contributed by atoms with Crippen LogP contribution in [-0.2, 0) is 15.9 Å². The van der Waals surface area contributed by atoms with Crippen molar-refractivity contribution in [2.45, 2.75) is 13.3 Å². The average molecular weight is 303 g/mol. The quantitative estimate of drug-likeness (QED) is 0.866. The Labute approximate surface area is 127 Å². The van der Waals surface area contributed by atoms with Crippen molar-refractivity contribution in [2.24, 2.45) is 0 Å². The topological polar surface area (TPSA) is 96.4 Å². The van der Waals surface area contributed by atoms with Crippen LogP contribution in [0.25, 0.3) is 0 Å². The van der Waals surface area contributed by atoms with Gasteiger partial charge in [-0.25, -0.2) is 14.2 Å². The standard InChI is InChI=1S/C15H17N3O4/c1-3-22-15(20)18-9-11(7-10-5-4-6-17-8-10)12(16)13(18)14(19)21-2/h4-6,8-9H,3,7,16H2,1-2H3. The highest BCUT2D eigenvalue weighted by molar-refractivity contribution is 5.98. The summed E-state index contributed by atoms with van der Waals surface area (Å²) in [5.74, 6) is -0.692. The summed E-state index contributed by atoms with van der Waals surface area (Å²) in [4.78, 5) is 27.9. The van der Waals surface area contributed by atoms with Gasteiger partial charge in [0.1, 0.15) is 0 Å². The number of aromatic nitrogens is 2. The zero-order valence-corrected chi connectivity index (χ0v) is 12.4. The van der Waals surface area contributed by atoms with Gasteiger partial charge in [0.15, 0.2) is 5.69 Å². The fourth-order valence-corrected chi connectivity index (χ4v) is 2.08. The summed E-state index contributed by atoms with van der Waals surface area (Å²) in [7, 11) is 1.23. The molecule has 0 radical (unpaired) electrons. The maximum absolute atomic E-state index is 12.0. The van der Waals surface area contributed by atoms with Crippen LogP contribution in [0.4, 0.5) is 10.5 Å². The Hall–Kier alpha value is -2.83. The number of hydrogen-bond acceptors (Lipinski definition) is 6. The molecule has 2 aromatic heterocycles. The van der Waals surface area contributed by atoms with Gasteiger partial charge >= 0.3 is 12.1 Å². The number of pyridine rings is 1.